The second-order valence-electron chi connectivity index (χ2n) is 7.42. The van der Waals surface area contributed by atoms with Crippen molar-refractivity contribution in [3.05, 3.63) is 41.5 Å². The van der Waals surface area contributed by atoms with Gasteiger partial charge in [-0.3, -0.25) is 5.10 Å². The Morgan fingerprint density at radius 3 is 2.79 bits per heavy atom. The number of hydrogen-bond acceptors (Lipinski definition) is 5. The highest BCUT2D eigenvalue weighted by molar-refractivity contribution is 5.74. The van der Waals surface area contributed by atoms with Crippen LogP contribution < -0.4 is 10.1 Å². The van der Waals surface area contributed by atoms with E-state index in [1.165, 1.54) is 5.56 Å². The van der Waals surface area contributed by atoms with E-state index in [1.54, 1.807) is 0 Å². The molecule has 2 aliphatic heterocycles. The summed E-state index contributed by atoms with van der Waals surface area (Å²) >= 11 is 0. The summed E-state index contributed by atoms with van der Waals surface area (Å²) in [7, 11) is 0. The molecule has 2 saturated heterocycles. The summed E-state index contributed by atoms with van der Waals surface area (Å²) in [5.74, 6) is 2.22. The van der Waals surface area contributed by atoms with E-state index in [9.17, 15) is 4.79 Å². The van der Waals surface area contributed by atoms with Gasteiger partial charge in [-0.15, -0.1) is 0 Å². The number of hydrogen-bond donors (Lipinski definition) is 2. The first kappa shape index (κ1) is 18.7. The Morgan fingerprint density at radius 1 is 1.29 bits per heavy atom. The largest absolute Gasteiger partial charge is 0.490 e. The zero-order chi connectivity index (χ0) is 19.3. The highest BCUT2D eigenvalue weighted by Crippen LogP contribution is 2.25. The Bertz CT molecular complexity index is 777. The van der Waals surface area contributed by atoms with Gasteiger partial charge in [0.2, 0.25) is 0 Å². The number of ether oxygens (including phenoxy) is 2. The van der Waals surface area contributed by atoms with Gasteiger partial charge in [0.1, 0.15) is 23.8 Å². The average molecular weight is 385 g/mol. The van der Waals surface area contributed by atoms with E-state index in [0.717, 1.165) is 38.0 Å². The molecule has 3 heterocycles. The van der Waals surface area contributed by atoms with E-state index in [1.807, 2.05) is 29.2 Å². The molecule has 0 bridgehead atoms. The van der Waals surface area contributed by atoms with Gasteiger partial charge in [0.15, 0.2) is 5.82 Å². The number of rotatable bonds is 5. The Morgan fingerprint density at radius 2 is 2.07 bits per heavy atom. The zero-order valence-electron chi connectivity index (χ0n) is 16.2. The quantitative estimate of drug-likeness (QED) is 0.826. The maximum absolute atomic E-state index is 12.4. The van der Waals surface area contributed by atoms with E-state index in [4.69, 9.17) is 9.47 Å². The number of urea groups is 1. The van der Waals surface area contributed by atoms with Gasteiger partial charge >= 0.3 is 6.03 Å². The summed E-state index contributed by atoms with van der Waals surface area (Å²) in [6.45, 7) is 4.51. The number of carbonyl (C=O) groups is 1. The molecular formula is C20H27N5O3. The Balaban J connectivity index is 1.20. The van der Waals surface area contributed by atoms with Crippen molar-refractivity contribution in [2.75, 3.05) is 19.7 Å². The molecule has 28 heavy (non-hydrogen) atoms. The molecule has 2 amide bonds. The highest BCUT2D eigenvalue weighted by Gasteiger charge is 2.25. The van der Waals surface area contributed by atoms with Crippen LogP contribution in [0.3, 0.4) is 0 Å². The lowest BCUT2D eigenvalue weighted by Gasteiger charge is -2.32. The lowest BCUT2D eigenvalue weighted by Crippen LogP contribution is -2.46. The number of likely N-dealkylation sites (tertiary alicyclic amines) is 1. The predicted molar refractivity (Wildman–Crippen MR) is 103 cm³/mol. The van der Waals surface area contributed by atoms with Crippen LogP contribution in [0.4, 0.5) is 4.79 Å². The fraction of sp³-hybridized carbons (Fsp3) is 0.550. The summed E-state index contributed by atoms with van der Waals surface area (Å²) in [5.41, 5.74) is 1.22. The van der Waals surface area contributed by atoms with Gasteiger partial charge in [0.25, 0.3) is 0 Å². The first-order valence-corrected chi connectivity index (χ1v) is 9.96. The number of aromatic amines is 1. The van der Waals surface area contributed by atoms with Crippen molar-refractivity contribution in [3.8, 4) is 5.75 Å². The van der Waals surface area contributed by atoms with Crippen molar-refractivity contribution in [1.29, 1.82) is 0 Å². The van der Waals surface area contributed by atoms with Gasteiger partial charge in [-0.2, -0.15) is 5.10 Å². The molecule has 2 fully saturated rings. The van der Waals surface area contributed by atoms with E-state index >= 15 is 0 Å². The molecule has 2 aromatic rings. The standard InChI is InChI=1S/C20H27N5O3/c1-14-4-6-15(7-5-14)28-16-8-10-25(11-9-16)20(26)21-13-18-22-19(24-23-18)17-3-2-12-27-17/h4-7,16-17H,2-3,8-13H2,1H3,(H,21,26)(H,22,23,24). The number of aromatic nitrogens is 3. The van der Waals surface area contributed by atoms with Crippen LogP contribution in [0, 0.1) is 6.92 Å². The Hall–Kier alpha value is -2.61. The first-order valence-electron chi connectivity index (χ1n) is 9.96. The van der Waals surface area contributed by atoms with Crippen molar-refractivity contribution in [2.24, 2.45) is 0 Å². The van der Waals surface area contributed by atoms with Crippen LogP contribution in [0.1, 0.15) is 49.0 Å². The van der Waals surface area contributed by atoms with E-state index in [-0.39, 0.29) is 18.2 Å². The number of H-pyrrole nitrogens is 1. The molecule has 0 aliphatic carbocycles. The first-order chi connectivity index (χ1) is 13.7. The second-order valence-corrected chi connectivity index (χ2v) is 7.42. The molecule has 0 saturated carbocycles. The molecule has 1 aromatic heterocycles. The molecule has 8 nitrogen and oxygen atoms in total. The SMILES string of the molecule is Cc1ccc(OC2CCN(C(=O)NCc3nc(C4CCCO4)n[nH]3)CC2)cc1. The summed E-state index contributed by atoms with van der Waals surface area (Å²) < 4.78 is 11.6. The van der Waals surface area contributed by atoms with Gasteiger partial charge in [-0.25, -0.2) is 9.78 Å². The third-order valence-electron chi connectivity index (χ3n) is 5.23. The Labute approximate surface area is 164 Å². The molecule has 0 radical (unpaired) electrons. The van der Waals surface area contributed by atoms with Crippen molar-refractivity contribution in [2.45, 2.75) is 51.4 Å². The average Bonchev–Trinajstić information content (AvgIpc) is 3.40. The van der Waals surface area contributed by atoms with Crippen molar-refractivity contribution < 1.29 is 14.3 Å². The fourth-order valence-corrected chi connectivity index (χ4v) is 3.57. The van der Waals surface area contributed by atoms with Crippen LogP contribution >= 0.6 is 0 Å². The number of aryl methyl sites for hydroxylation is 1. The minimum Gasteiger partial charge on any atom is -0.490 e. The van der Waals surface area contributed by atoms with Crippen LogP contribution in [-0.2, 0) is 11.3 Å². The van der Waals surface area contributed by atoms with Crippen LogP contribution in [-0.4, -0.2) is 51.9 Å². The van der Waals surface area contributed by atoms with Gasteiger partial charge in [0, 0.05) is 32.5 Å². The van der Waals surface area contributed by atoms with Gasteiger partial charge in [-0.05, 0) is 31.9 Å². The van der Waals surface area contributed by atoms with Crippen molar-refractivity contribution in [1.82, 2.24) is 25.4 Å². The minimum atomic E-state index is -0.0798. The van der Waals surface area contributed by atoms with E-state index in [0.29, 0.717) is 31.3 Å². The van der Waals surface area contributed by atoms with Crippen molar-refractivity contribution >= 4 is 6.03 Å². The van der Waals surface area contributed by atoms with Gasteiger partial charge in [-0.1, -0.05) is 17.7 Å². The number of carbonyl (C=O) groups excluding carboxylic acids is 1. The molecule has 1 unspecified atom stereocenters. The summed E-state index contributed by atoms with van der Waals surface area (Å²) in [4.78, 5) is 18.7. The Kier molecular flexibility index (Phi) is 5.76. The summed E-state index contributed by atoms with van der Waals surface area (Å²) in [6.07, 6.45) is 3.76. The maximum atomic E-state index is 12.4. The molecule has 2 N–H and O–H groups in total. The van der Waals surface area contributed by atoms with Gasteiger partial charge < -0.3 is 19.7 Å². The minimum absolute atomic E-state index is 0.0201. The topological polar surface area (TPSA) is 92.4 Å². The monoisotopic (exact) mass is 385 g/mol. The van der Waals surface area contributed by atoms with E-state index in [2.05, 4.69) is 27.4 Å². The fourth-order valence-electron chi connectivity index (χ4n) is 3.57. The predicted octanol–water partition coefficient (Wildman–Crippen LogP) is 2.72. The third kappa shape index (κ3) is 4.62. The van der Waals surface area contributed by atoms with Gasteiger partial charge in [0.05, 0.1) is 6.54 Å². The van der Waals surface area contributed by atoms with E-state index < -0.39 is 0 Å². The number of benzene rings is 1. The van der Waals surface area contributed by atoms with Crippen LogP contribution in [0.5, 0.6) is 5.75 Å². The molecule has 4 rings (SSSR count). The molecule has 8 heteroatoms. The van der Waals surface area contributed by atoms with Crippen molar-refractivity contribution in [3.63, 3.8) is 0 Å². The second kappa shape index (κ2) is 8.60. The van der Waals surface area contributed by atoms with Crippen LogP contribution in [0.25, 0.3) is 0 Å². The number of nitrogens with zero attached hydrogens (tertiary/aromatic N) is 3. The third-order valence-corrected chi connectivity index (χ3v) is 5.23. The molecule has 150 valence electrons. The molecule has 2 aliphatic rings. The number of nitrogens with one attached hydrogen (secondary N) is 2. The lowest BCUT2D eigenvalue weighted by molar-refractivity contribution is 0.105. The molecule has 0 spiro atoms. The zero-order valence-corrected chi connectivity index (χ0v) is 16.2. The highest BCUT2D eigenvalue weighted by atomic mass is 16.5. The molecular weight excluding hydrogens is 358 g/mol. The number of piperidine rings is 1. The normalized spacial score (nSPS) is 20.3. The lowest BCUT2D eigenvalue weighted by atomic mass is 10.1. The van der Waals surface area contributed by atoms with Crippen LogP contribution in [0.2, 0.25) is 0 Å². The summed E-state index contributed by atoms with van der Waals surface area (Å²) in [5, 5.41) is 10.0. The number of amides is 2. The smallest absolute Gasteiger partial charge is 0.317 e. The molecule has 1 aromatic carbocycles. The molecule has 1 atom stereocenters. The maximum Gasteiger partial charge on any atom is 0.317 e. The summed E-state index contributed by atoms with van der Waals surface area (Å²) in [6, 6.07) is 8.01. The van der Waals surface area contributed by atoms with Crippen LogP contribution in [0.15, 0.2) is 24.3 Å².